The predicted octanol–water partition coefficient (Wildman–Crippen LogP) is 1.50. The minimum absolute atomic E-state index is 0.161. The highest BCUT2D eigenvalue weighted by atomic mass is 32.1. The zero-order valence-electron chi connectivity index (χ0n) is 12.1. The average molecular weight is 323 g/mol. The van der Waals surface area contributed by atoms with Gasteiger partial charge in [0, 0.05) is 31.6 Å². The van der Waals surface area contributed by atoms with E-state index < -0.39 is 0 Å². The van der Waals surface area contributed by atoms with Crippen molar-refractivity contribution >= 4 is 33.7 Å². The molecule has 3 heterocycles. The maximum atomic E-state index is 12.3. The SMILES string of the molecule is Cc1nc(CC(=O)N2CCN(c3nnc(C)s3)CC2)cs1. The minimum Gasteiger partial charge on any atom is -0.343 e. The lowest BCUT2D eigenvalue weighted by Gasteiger charge is -2.34. The van der Waals surface area contributed by atoms with Crippen LogP contribution in [0.4, 0.5) is 5.13 Å². The van der Waals surface area contributed by atoms with Crippen molar-refractivity contribution in [2.75, 3.05) is 31.1 Å². The number of amides is 1. The van der Waals surface area contributed by atoms with Gasteiger partial charge in [0.05, 0.1) is 17.1 Å². The van der Waals surface area contributed by atoms with Crippen LogP contribution in [0.2, 0.25) is 0 Å². The third-order valence-electron chi connectivity index (χ3n) is 3.42. The molecule has 0 radical (unpaired) electrons. The van der Waals surface area contributed by atoms with Gasteiger partial charge in [0.15, 0.2) is 0 Å². The summed E-state index contributed by atoms with van der Waals surface area (Å²) < 4.78 is 0. The minimum atomic E-state index is 0.161. The molecule has 0 aromatic carbocycles. The van der Waals surface area contributed by atoms with Crippen molar-refractivity contribution in [3.05, 3.63) is 21.1 Å². The molecule has 2 aromatic heterocycles. The molecule has 1 saturated heterocycles. The van der Waals surface area contributed by atoms with Gasteiger partial charge in [-0.05, 0) is 13.8 Å². The number of piperazine rings is 1. The van der Waals surface area contributed by atoms with E-state index in [1.807, 2.05) is 24.1 Å². The van der Waals surface area contributed by atoms with Crippen molar-refractivity contribution in [1.29, 1.82) is 0 Å². The Morgan fingerprint density at radius 2 is 1.95 bits per heavy atom. The van der Waals surface area contributed by atoms with Crippen molar-refractivity contribution in [2.45, 2.75) is 20.3 Å². The number of nitrogens with zero attached hydrogens (tertiary/aromatic N) is 5. The number of hydrogen-bond donors (Lipinski definition) is 0. The van der Waals surface area contributed by atoms with Gasteiger partial charge in [0.25, 0.3) is 0 Å². The lowest BCUT2D eigenvalue weighted by atomic mass is 10.2. The molecule has 1 amide bonds. The predicted molar refractivity (Wildman–Crippen MR) is 84.0 cm³/mol. The van der Waals surface area contributed by atoms with E-state index in [9.17, 15) is 4.79 Å². The molecule has 1 fully saturated rings. The molecule has 8 heteroatoms. The van der Waals surface area contributed by atoms with Gasteiger partial charge in [0.1, 0.15) is 5.01 Å². The first-order valence-corrected chi connectivity index (χ1v) is 8.55. The van der Waals surface area contributed by atoms with E-state index in [4.69, 9.17) is 0 Å². The van der Waals surface area contributed by atoms with Gasteiger partial charge in [0.2, 0.25) is 11.0 Å². The van der Waals surface area contributed by atoms with Crippen LogP contribution in [0.15, 0.2) is 5.38 Å². The number of rotatable bonds is 3. The van der Waals surface area contributed by atoms with Gasteiger partial charge in [-0.1, -0.05) is 11.3 Å². The second kappa shape index (κ2) is 6.07. The maximum absolute atomic E-state index is 12.3. The summed E-state index contributed by atoms with van der Waals surface area (Å²) in [6.45, 7) is 7.02. The van der Waals surface area contributed by atoms with Crippen molar-refractivity contribution in [2.24, 2.45) is 0 Å². The Balaban J connectivity index is 1.54. The van der Waals surface area contributed by atoms with Crippen LogP contribution in [0.25, 0.3) is 0 Å². The van der Waals surface area contributed by atoms with Crippen LogP contribution in [0.3, 0.4) is 0 Å². The molecule has 0 atom stereocenters. The number of carbonyl (C=O) groups excluding carboxylic acids is 1. The van der Waals surface area contributed by atoms with Crippen molar-refractivity contribution < 1.29 is 4.79 Å². The fourth-order valence-electron chi connectivity index (χ4n) is 2.32. The molecule has 0 aliphatic carbocycles. The van der Waals surface area contributed by atoms with Crippen LogP contribution in [-0.4, -0.2) is 52.2 Å². The Bertz CT molecular complexity index is 630. The highest BCUT2D eigenvalue weighted by Crippen LogP contribution is 2.21. The summed E-state index contributed by atoms with van der Waals surface area (Å²) in [5.74, 6) is 0.161. The molecular weight excluding hydrogens is 306 g/mol. The zero-order chi connectivity index (χ0) is 14.8. The van der Waals surface area contributed by atoms with E-state index >= 15 is 0 Å². The molecule has 1 aliphatic heterocycles. The Morgan fingerprint density at radius 1 is 1.19 bits per heavy atom. The lowest BCUT2D eigenvalue weighted by Crippen LogP contribution is -2.49. The molecule has 112 valence electrons. The average Bonchev–Trinajstić information content (AvgIpc) is 3.08. The molecule has 1 aliphatic rings. The van der Waals surface area contributed by atoms with Gasteiger partial charge in [-0.15, -0.1) is 21.5 Å². The van der Waals surface area contributed by atoms with Gasteiger partial charge in [-0.25, -0.2) is 4.98 Å². The third kappa shape index (κ3) is 3.38. The van der Waals surface area contributed by atoms with Crippen LogP contribution in [0.5, 0.6) is 0 Å². The summed E-state index contributed by atoms with van der Waals surface area (Å²) in [5, 5.41) is 13.1. The first kappa shape index (κ1) is 14.4. The highest BCUT2D eigenvalue weighted by Gasteiger charge is 2.23. The standard InChI is InChI=1S/C13H17N5OS2/c1-9-14-11(8-20-9)7-12(19)17-3-5-18(6-4-17)13-16-15-10(2)21-13/h8H,3-7H2,1-2H3. The van der Waals surface area contributed by atoms with Crippen LogP contribution < -0.4 is 4.90 Å². The van der Waals surface area contributed by atoms with E-state index in [0.29, 0.717) is 6.42 Å². The Labute approximate surface area is 131 Å². The van der Waals surface area contributed by atoms with Crippen LogP contribution in [0.1, 0.15) is 15.7 Å². The van der Waals surface area contributed by atoms with E-state index in [1.54, 1.807) is 22.7 Å². The third-order valence-corrected chi connectivity index (χ3v) is 5.14. The Morgan fingerprint density at radius 3 is 2.52 bits per heavy atom. The molecular formula is C13H17N5OS2. The molecule has 0 N–H and O–H groups in total. The molecule has 2 aromatic rings. The summed E-state index contributed by atoms with van der Waals surface area (Å²) in [6, 6.07) is 0. The molecule has 0 bridgehead atoms. The van der Waals surface area contributed by atoms with Gasteiger partial charge in [-0.2, -0.15) is 0 Å². The maximum Gasteiger partial charge on any atom is 0.228 e. The molecule has 0 saturated carbocycles. The lowest BCUT2D eigenvalue weighted by molar-refractivity contribution is -0.130. The molecule has 3 rings (SSSR count). The zero-order valence-corrected chi connectivity index (χ0v) is 13.7. The fraction of sp³-hybridized carbons (Fsp3) is 0.538. The Kier molecular flexibility index (Phi) is 4.16. The van der Waals surface area contributed by atoms with Crippen molar-refractivity contribution in [3.8, 4) is 0 Å². The smallest absolute Gasteiger partial charge is 0.228 e. The van der Waals surface area contributed by atoms with E-state index in [-0.39, 0.29) is 5.91 Å². The quantitative estimate of drug-likeness (QED) is 0.857. The van der Waals surface area contributed by atoms with E-state index in [0.717, 1.165) is 47.0 Å². The second-order valence-electron chi connectivity index (χ2n) is 5.01. The summed E-state index contributed by atoms with van der Waals surface area (Å²) in [4.78, 5) is 20.7. The van der Waals surface area contributed by atoms with Crippen LogP contribution >= 0.6 is 22.7 Å². The summed E-state index contributed by atoms with van der Waals surface area (Å²) in [5.41, 5.74) is 0.879. The van der Waals surface area contributed by atoms with Crippen molar-refractivity contribution in [1.82, 2.24) is 20.1 Å². The monoisotopic (exact) mass is 323 g/mol. The summed E-state index contributed by atoms with van der Waals surface area (Å²) >= 11 is 3.19. The number of aryl methyl sites for hydroxylation is 2. The fourth-order valence-corrected chi connectivity index (χ4v) is 3.67. The molecule has 0 spiro atoms. The first-order valence-electron chi connectivity index (χ1n) is 6.85. The van der Waals surface area contributed by atoms with E-state index in [1.165, 1.54) is 0 Å². The number of thiazole rings is 1. The van der Waals surface area contributed by atoms with Crippen LogP contribution in [0, 0.1) is 13.8 Å². The number of aromatic nitrogens is 3. The Hall–Kier alpha value is -1.54. The number of carbonyl (C=O) groups is 1. The number of hydrogen-bond acceptors (Lipinski definition) is 7. The van der Waals surface area contributed by atoms with Crippen molar-refractivity contribution in [3.63, 3.8) is 0 Å². The first-order chi connectivity index (χ1) is 10.1. The van der Waals surface area contributed by atoms with Gasteiger partial charge < -0.3 is 9.80 Å². The summed E-state index contributed by atoms with van der Waals surface area (Å²) in [7, 11) is 0. The van der Waals surface area contributed by atoms with E-state index in [2.05, 4.69) is 20.1 Å². The van der Waals surface area contributed by atoms with Gasteiger partial charge >= 0.3 is 0 Å². The topological polar surface area (TPSA) is 62.2 Å². The molecule has 21 heavy (non-hydrogen) atoms. The van der Waals surface area contributed by atoms with Gasteiger partial charge in [-0.3, -0.25) is 4.79 Å². The normalized spacial score (nSPS) is 15.5. The van der Waals surface area contributed by atoms with Crippen LogP contribution in [-0.2, 0) is 11.2 Å². The molecule has 6 nitrogen and oxygen atoms in total. The second-order valence-corrected chi connectivity index (χ2v) is 7.23. The summed E-state index contributed by atoms with van der Waals surface area (Å²) in [6.07, 6.45) is 0.405. The number of anilines is 1. The highest BCUT2D eigenvalue weighted by molar-refractivity contribution is 7.15. The molecule has 0 unspecified atom stereocenters. The largest absolute Gasteiger partial charge is 0.343 e.